The molecule has 0 aliphatic carbocycles. The smallest absolute Gasteiger partial charge is 0.326 e. The summed E-state index contributed by atoms with van der Waals surface area (Å²) in [6.07, 6.45) is -4.28. The van der Waals surface area contributed by atoms with E-state index in [-0.39, 0.29) is 28.4 Å². The molecule has 0 aromatic heterocycles. The summed E-state index contributed by atoms with van der Waals surface area (Å²) in [5.74, 6) is -0.342. The number of anilines is 1. The van der Waals surface area contributed by atoms with Crippen LogP contribution in [-0.2, 0) is 11.0 Å². The normalized spacial score (nSPS) is 12.7. The van der Waals surface area contributed by atoms with Crippen LogP contribution in [0.2, 0.25) is 0 Å². The maximum absolute atomic E-state index is 12.9. The minimum Gasteiger partial charge on any atom is -0.326 e. The number of carbonyl (C=O) groups excluding carboxylic acids is 1. The van der Waals surface area contributed by atoms with Crippen LogP contribution in [0.5, 0.6) is 0 Å². The van der Waals surface area contributed by atoms with E-state index in [1.807, 2.05) is 37.3 Å². The first kappa shape index (κ1) is 17.5. The van der Waals surface area contributed by atoms with Gasteiger partial charge in [0.15, 0.2) is 0 Å². The molecule has 0 heterocycles. The Morgan fingerprint density at radius 3 is 2.43 bits per heavy atom. The molecule has 2 rings (SSSR count). The zero-order valence-electron chi connectivity index (χ0n) is 12.3. The Kier molecular flexibility index (Phi) is 5.46. The first-order valence-electron chi connectivity index (χ1n) is 6.99. The van der Waals surface area contributed by atoms with Crippen LogP contribution >= 0.6 is 15.9 Å². The maximum atomic E-state index is 12.9. The zero-order chi connectivity index (χ0) is 17.0. The van der Waals surface area contributed by atoms with E-state index < -0.39 is 11.7 Å². The van der Waals surface area contributed by atoms with E-state index in [2.05, 4.69) is 21.2 Å². The second kappa shape index (κ2) is 7.17. The molecule has 0 radical (unpaired) electrons. The minimum atomic E-state index is -4.48. The summed E-state index contributed by atoms with van der Waals surface area (Å²) in [4.78, 5) is 12.0. The van der Waals surface area contributed by atoms with Crippen LogP contribution in [0.15, 0.2) is 53.0 Å². The summed E-state index contributed by atoms with van der Waals surface area (Å²) in [5, 5.41) is 2.52. The van der Waals surface area contributed by atoms with Gasteiger partial charge in [0, 0.05) is 16.6 Å². The molecule has 0 aliphatic heterocycles. The van der Waals surface area contributed by atoms with Crippen molar-refractivity contribution in [2.75, 3.05) is 5.32 Å². The molecule has 0 unspecified atom stereocenters. The average Bonchev–Trinajstić information content (AvgIpc) is 2.49. The largest absolute Gasteiger partial charge is 0.417 e. The van der Waals surface area contributed by atoms with Gasteiger partial charge in [-0.3, -0.25) is 4.79 Å². The summed E-state index contributed by atoms with van der Waals surface area (Å²) in [7, 11) is 0. The van der Waals surface area contributed by atoms with Crippen LogP contribution in [0.25, 0.3) is 0 Å². The molecule has 1 amide bonds. The second-order valence-electron chi connectivity index (χ2n) is 5.26. The number of benzene rings is 2. The quantitative estimate of drug-likeness (QED) is 0.728. The number of amides is 1. The maximum Gasteiger partial charge on any atom is 0.417 e. The molecular weight excluding hydrogens is 371 g/mol. The SMILES string of the molecule is C[C@H](CC(=O)Nc1ccc(Br)c(C(F)(F)F)c1)c1ccccc1. The highest BCUT2D eigenvalue weighted by Crippen LogP contribution is 2.36. The molecule has 2 aromatic rings. The topological polar surface area (TPSA) is 29.1 Å². The number of hydrogen-bond acceptors (Lipinski definition) is 1. The summed E-state index contributed by atoms with van der Waals surface area (Å²) in [5.41, 5.74) is 0.326. The van der Waals surface area contributed by atoms with Gasteiger partial charge in [-0.15, -0.1) is 0 Å². The number of rotatable bonds is 4. The molecular formula is C17H15BrF3NO. The highest BCUT2D eigenvalue weighted by atomic mass is 79.9. The van der Waals surface area contributed by atoms with Crippen molar-refractivity contribution in [3.8, 4) is 0 Å². The standard InChI is InChI=1S/C17H15BrF3NO/c1-11(12-5-3-2-4-6-12)9-16(23)22-13-7-8-15(18)14(10-13)17(19,20)21/h2-8,10-11H,9H2,1H3,(H,22,23)/t11-/m1/s1. The molecule has 2 aromatic carbocycles. The van der Waals surface area contributed by atoms with Crippen LogP contribution in [0.1, 0.15) is 30.4 Å². The molecule has 122 valence electrons. The molecule has 2 nitrogen and oxygen atoms in total. The highest BCUT2D eigenvalue weighted by molar-refractivity contribution is 9.10. The molecule has 0 saturated heterocycles. The van der Waals surface area contributed by atoms with Gasteiger partial charge in [0.25, 0.3) is 0 Å². The predicted octanol–water partition coefficient (Wildman–Crippen LogP) is 5.60. The van der Waals surface area contributed by atoms with E-state index >= 15 is 0 Å². The van der Waals surface area contributed by atoms with Crippen molar-refractivity contribution in [3.63, 3.8) is 0 Å². The molecule has 0 aliphatic rings. The van der Waals surface area contributed by atoms with Crippen molar-refractivity contribution in [1.82, 2.24) is 0 Å². The van der Waals surface area contributed by atoms with Gasteiger partial charge in [0.05, 0.1) is 5.56 Å². The van der Waals surface area contributed by atoms with Crippen LogP contribution in [-0.4, -0.2) is 5.91 Å². The number of halogens is 4. The molecule has 0 fully saturated rings. The first-order chi connectivity index (χ1) is 10.8. The van der Waals surface area contributed by atoms with Crippen molar-refractivity contribution in [2.24, 2.45) is 0 Å². The summed E-state index contributed by atoms with van der Waals surface area (Å²) >= 11 is 2.87. The number of alkyl halides is 3. The Labute approximate surface area is 140 Å². The lowest BCUT2D eigenvalue weighted by molar-refractivity contribution is -0.138. The van der Waals surface area contributed by atoms with Gasteiger partial charge in [-0.05, 0) is 29.7 Å². The Morgan fingerprint density at radius 1 is 1.17 bits per heavy atom. The third-order valence-corrected chi connectivity index (χ3v) is 4.11. The van der Waals surface area contributed by atoms with Crippen LogP contribution < -0.4 is 5.32 Å². The number of hydrogen-bond donors (Lipinski definition) is 1. The van der Waals surface area contributed by atoms with Crippen LogP contribution in [0.4, 0.5) is 18.9 Å². The van der Waals surface area contributed by atoms with E-state index in [0.29, 0.717) is 0 Å². The lowest BCUT2D eigenvalue weighted by Gasteiger charge is -2.14. The fourth-order valence-corrected chi connectivity index (χ4v) is 2.68. The molecule has 0 saturated carbocycles. The van der Waals surface area contributed by atoms with E-state index in [0.717, 1.165) is 11.6 Å². The highest BCUT2D eigenvalue weighted by Gasteiger charge is 2.33. The van der Waals surface area contributed by atoms with Crippen LogP contribution in [0.3, 0.4) is 0 Å². The first-order valence-corrected chi connectivity index (χ1v) is 7.78. The Hall–Kier alpha value is -1.82. The molecule has 1 atom stereocenters. The van der Waals surface area contributed by atoms with E-state index in [9.17, 15) is 18.0 Å². The Bertz CT molecular complexity index is 686. The predicted molar refractivity (Wildman–Crippen MR) is 87.2 cm³/mol. The summed E-state index contributed by atoms with van der Waals surface area (Å²) in [6, 6.07) is 13.1. The molecule has 0 spiro atoms. The Balaban J connectivity index is 2.06. The minimum absolute atomic E-state index is 0.0197. The molecule has 0 bridgehead atoms. The van der Waals surface area contributed by atoms with Gasteiger partial charge in [0.1, 0.15) is 0 Å². The van der Waals surface area contributed by atoms with Crippen molar-refractivity contribution < 1.29 is 18.0 Å². The molecule has 6 heteroatoms. The van der Waals surface area contributed by atoms with Gasteiger partial charge in [0.2, 0.25) is 5.91 Å². The van der Waals surface area contributed by atoms with Gasteiger partial charge in [-0.25, -0.2) is 0 Å². The molecule has 1 N–H and O–H groups in total. The van der Waals surface area contributed by atoms with Crippen molar-refractivity contribution in [1.29, 1.82) is 0 Å². The van der Waals surface area contributed by atoms with Crippen molar-refractivity contribution in [2.45, 2.75) is 25.4 Å². The summed E-state index contributed by atoms with van der Waals surface area (Å²) < 4.78 is 38.5. The third kappa shape index (κ3) is 4.82. The lowest BCUT2D eigenvalue weighted by atomic mass is 9.97. The van der Waals surface area contributed by atoms with Gasteiger partial charge >= 0.3 is 6.18 Å². The average molecular weight is 386 g/mol. The van der Waals surface area contributed by atoms with E-state index in [4.69, 9.17) is 0 Å². The van der Waals surface area contributed by atoms with Crippen LogP contribution in [0, 0.1) is 0 Å². The lowest BCUT2D eigenvalue weighted by Crippen LogP contribution is -2.15. The second-order valence-corrected chi connectivity index (χ2v) is 6.11. The fourth-order valence-electron chi connectivity index (χ4n) is 2.21. The monoisotopic (exact) mass is 385 g/mol. The van der Waals surface area contributed by atoms with Gasteiger partial charge in [-0.1, -0.05) is 53.2 Å². The summed E-state index contributed by atoms with van der Waals surface area (Å²) in [6.45, 7) is 1.90. The number of carbonyl (C=O) groups is 1. The van der Waals surface area contributed by atoms with E-state index in [1.165, 1.54) is 12.1 Å². The third-order valence-electron chi connectivity index (χ3n) is 3.42. The zero-order valence-corrected chi connectivity index (χ0v) is 13.9. The van der Waals surface area contributed by atoms with Gasteiger partial charge < -0.3 is 5.32 Å². The van der Waals surface area contributed by atoms with Crippen molar-refractivity contribution >= 4 is 27.5 Å². The number of nitrogens with one attached hydrogen (secondary N) is 1. The Morgan fingerprint density at radius 2 is 1.83 bits per heavy atom. The van der Waals surface area contributed by atoms with E-state index in [1.54, 1.807) is 0 Å². The van der Waals surface area contributed by atoms with Crippen molar-refractivity contribution in [3.05, 3.63) is 64.1 Å². The van der Waals surface area contributed by atoms with Gasteiger partial charge in [-0.2, -0.15) is 13.2 Å². The molecule has 23 heavy (non-hydrogen) atoms. The fraction of sp³-hybridized carbons (Fsp3) is 0.235.